The van der Waals surface area contributed by atoms with Crippen LogP contribution in [0, 0.1) is 12.7 Å². The molecule has 1 aromatic carbocycles. The number of rotatable bonds is 2. The molecule has 2 fully saturated rings. The highest BCUT2D eigenvalue weighted by Gasteiger charge is 2.43. The molecular weight excluding hydrogens is 279 g/mol. The first-order chi connectivity index (χ1) is 9.50. The highest BCUT2D eigenvalue weighted by atomic mass is 32.2. The molecule has 2 bridgehead atoms. The number of nitrogens with one attached hydrogen (secondary N) is 1. The van der Waals surface area contributed by atoms with E-state index in [0.29, 0.717) is 12.1 Å². The predicted octanol–water partition coefficient (Wildman–Crippen LogP) is 1.65. The molecule has 110 valence electrons. The molecule has 2 unspecified atom stereocenters. The van der Waals surface area contributed by atoms with Crippen molar-refractivity contribution in [3.63, 3.8) is 0 Å². The molecule has 2 atom stereocenters. The second-order valence-electron chi connectivity index (χ2n) is 5.62. The summed E-state index contributed by atoms with van der Waals surface area (Å²) in [5.74, 6) is -0.401. The maximum absolute atomic E-state index is 13.2. The first-order valence-corrected chi connectivity index (χ1v) is 8.44. The zero-order valence-corrected chi connectivity index (χ0v) is 12.3. The Morgan fingerprint density at radius 3 is 2.75 bits per heavy atom. The van der Waals surface area contributed by atoms with Crippen molar-refractivity contribution in [2.24, 2.45) is 0 Å². The van der Waals surface area contributed by atoms with Crippen LogP contribution in [0.1, 0.15) is 24.8 Å². The molecule has 6 heteroatoms. The number of sulfonamides is 1. The standard InChI is InChI=1S/C14H19FN2O2S/c1-10-8-11(15)2-5-14(10)20(18,19)17-12-3-4-13(17)9-16-7-6-12/h2,5,8,12-13,16H,3-4,6-7,9H2,1H3. The fourth-order valence-electron chi connectivity index (χ4n) is 3.35. The van der Waals surface area contributed by atoms with E-state index < -0.39 is 15.8 Å². The van der Waals surface area contributed by atoms with Gasteiger partial charge in [-0.05, 0) is 56.5 Å². The van der Waals surface area contributed by atoms with Gasteiger partial charge in [0.1, 0.15) is 5.82 Å². The number of benzene rings is 1. The lowest BCUT2D eigenvalue weighted by molar-refractivity contribution is 0.334. The minimum Gasteiger partial charge on any atom is -0.315 e. The fraction of sp³-hybridized carbons (Fsp3) is 0.571. The molecule has 0 spiro atoms. The molecule has 1 aromatic rings. The van der Waals surface area contributed by atoms with Gasteiger partial charge in [-0.25, -0.2) is 12.8 Å². The van der Waals surface area contributed by atoms with Gasteiger partial charge >= 0.3 is 0 Å². The van der Waals surface area contributed by atoms with E-state index >= 15 is 0 Å². The molecule has 2 aliphatic rings. The number of hydrogen-bond donors (Lipinski definition) is 1. The molecule has 20 heavy (non-hydrogen) atoms. The van der Waals surface area contributed by atoms with E-state index in [-0.39, 0.29) is 17.0 Å². The van der Waals surface area contributed by atoms with Crippen molar-refractivity contribution in [1.82, 2.24) is 9.62 Å². The van der Waals surface area contributed by atoms with Crippen molar-refractivity contribution >= 4 is 10.0 Å². The Morgan fingerprint density at radius 1 is 1.25 bits per heavy atom. The Morgan fingerprint density at radius 2 is 2.00 bits per heavy atom. The number of fused-ring (bicyclic) bond motifs is 2. The molecule has 0 aromatic heterocycles. The van der Waals surface area contributed by atoms with Crippen LogP contribution in [-0.2, 0) is 10.0 Å². The van der Waals surface area contributed by atoms with Crippen LogP contribution in [0.5, 0.6) is 0 Å². The van der Waals surface area contributed by atoms with Gasteiger partial charge in [0.15, 0.2) is 0 Å². The summed E-state index contributed by atoms with van der Waals surface area (Å²) in [6.45, 7) is 3.21. The van der Waals surface area contributed by atoms with E-state index in [2.05, 4.69) is 5.32 Å². The minimum atomic E-state index is -3.54. The number of halogens is 1. The molecular formula is C14H19FN2O2S. The van der Waals surface area contributed by atoms with Gasteiger partial charge in [-0.15, -0.1) is 0 Å². The van der Waals surface area contributed by atoms with Crippen LogP contribution < -0.4 is 5.32 Å². The molecule has 2 heterocycles. The predicted molar refractivity (Wildman–Crippen MR) is 74.5 cm³/mol. The summed E-state index contributed by atoms with van der Waals surface area (Å²) >= 11 is 0. The summed E-state index contributed by atoms with van der Waals surface area (Å²) in [6, 6.07) is 3.99. The third kappa shape index (κ3) is 2.25. The molecule has 0 amide bonds. The Bertz CT molecular complexity index is 604. The largest absolute Gasteiger partial charge is 0.315 e. The van der Waals surface area contributed by atoms with Gasteiger partial charge in [0.05, 0.1) is 4.90 Å². The monoisotopic (exact) mass is 298 g/mol. The lowest BCUT2D eigenvalue weighted by atomic mass is 10.1. The zero-order valence-electron chi connectivity index (χ0n) is 11.5. The van der Waals surface area contributed by atoms with Crippen LogP contribution in [-0.4, -0.2) is 37.9 Å². The van der Waals surface area contributed by atoms with Gasteiger partial charge in [-0.3, -0.25) is 0 Å². The Balaban J connectivity index is 2.03. The first-order valence-electron chi connectivity index (χ1n) is 7.00. The first kappa shape index (κ1) is 14.0. The maximum atomic E-state index is 13.2. The molecule has 1 N–H and O–H groups in total. The summed E-state index contributed by atoms with van der Waals surface area (Å²) in [4.78, 5) is 0.234. The lowest BCUT2D eigenvalue weighted by Crippen LogP contribution is -2.42. The quantitative estimate of drug-likeness (QED) is 0.903. The average Bonchev–Trinajstić information content (AvgIpc) is 2.63. The Hall–Kier alpha value is -0.980. The Kier molecular flexibility index (Phi) is 3.56. The average molecular weight is 298 g/mol. The van der Waals surface area contributed by atoms with Gasteiger partial charge in [-0.1, -0.05) is 0 Å². The van der Waals surface area contributed by atoms with Crippen molar-refractivity contribution in [1.29, 1.82) is 0 Å². The minimum absolute atomic E-state index is 0.0250. The number of nitrogens with zero attached hydrogens (tertiary/aromatic N) is 1. The van der Waals surface area contributed by atoms with Crippen LogP contribution in [0.3, 0.4) is 0 Å². The third-order valence-electron chi connectivity index (χ3n) is 4.28. The third-order valence-corrected chi connectivity index (χ3v) is 6.44. The molecule has 4 nitrogen and oxygen atoms in total. The van der Waals surface area contributed by atoms with Gasteiger partial charge in [0.2, 0.25) is 10.0 Å². The van der Waals surface area contributed by atoms with E-state index in [1.165, 1.54) is 18.2 Å². The van der Waals surface area contributed by atoms with Gasteiger partial charge < -0.3 is 5.32 Å². The summed E-state index contributed by atoms with van der Waals surface area (Å²) < 4.78 is 40.7. The normalized spacial score (nSPS) is 27.5. The number of hydrogen-bond acceptors (Lipinski definition) is 3. The van der Waals surface area contributed by atoms with E-state index in [9.17, 15) is 12.8 Å². The molecule has 3 rings (SSSR count). The van der Waals surface area contributed by atoms with Gasteiger partial charge in [-0.2, -0.15) is 4.31 Å². The van der Waals surface area contributed by atoms with Crippen molar-refractivity contribution in [3.05, 3.63) is 29.6 Å². The SMILES string of the molecule is Cc1cc(F)ccc1S(=O)(=O)N1C2CCNCC1CC2. The van der Waals surface area contributed by atoms with E-state index in [4.69, 9.17) is 0 Å². The maximum Gasteiger partial charge on any atom is 0.243 e. The fourth-order valence-corrected chi connectivity index (χ4v) is 5.46. The highest BCUT2D eigenvalue weighted by Crippen LogP contribution is 2.34. The summed E-state index contributed by atoms with van der Waals surface area (Å²) in [5, 5.41) is 3.29. The van der Waals surface area contributed by atoms with E-state index in [1.54, 1.807) is 11.2 Å². The van der Waals surface area contributed by atoms with Crippen LogP contribution in [0.15, 0.2) is 23.1 Å². The van der Waals surface area contributed by atoms with Crippen LogP contribution in [0.4, 0.5) is 4.39 Å². The van der Waals surface area contributed by atoms with Crippen LogP contribution in [0.2, 0.25) is 0 Å². The smallest absolute Gasteiger partial charge is 0.243 e. The van der Waals surface area contributed by atoms with Crippen LogP contribution in [0.25, 0.3) is 0 Å². The zero-order chi connectivity index (χ0) is 14.3. The second-order valence-corrected chi connectivity index (χ2v) is 7.43. The van der Waals surface area contributed by atoms with Crippen molar-refractivity contribution in [3.8, 4) is 0 Å². The number of aryl methyl sites for hydroxylation is 1. The topological polar surface area (TPSA) is 49.4 Å². The van der Waals surface area contributed by atoms with Crippen LogP contribution >= 0.6 is 0 Å². The molecule has 0 aliphatic carbocycles. The molecule has 2 aliphatic heterocycles. The Labute approximate surface area is 119 Å². The van der Waals surface area contributed by atoms with Gasteiger partial charge in [0, 0.05) is 18.6 Å². The van der Waals surface area contributed by atoms with Crippen molar-refractivity contribution < 1.29 is 12.8 Å². The van der Waals surface area contributed by atoms with Gasteiger partial charge in [0.25, 0.3) is 0 Å². The second kappa shape index (κ2) is 5.09. The van der Waals surface area contributed by atoms with E-state index in [1.807, 2.05) is 0 Å². The lowest BCUT2D eigenvalue weighted by Gasteiger charge is -2.27. The summed E-state index contributed by atoms with van der Waals surface area (Å²) in [5.41, 5.74) is 0.474. The van der Waals surface area contributed by atoms with Crippen molar-refractivity contribution in [2.45, 2.75) is 43.2 Å². The molecule has 2 saturated heterocycles. The van der Waals surface area contributed by atoms with Crippen molar-refractivity contribution in [2.75, 3.05) is 13.1 Å². The summed E-state index contributed by atoms with van der Waals surface area (Å²) in [7, 11) is -3.54. The van der Waals surface area contributed by atoms with E-state index in [0.717, 1.165) is 25.8 Å². The molecule has 0 radical (unpaired) electrons. The molecule has 0 saturated carbocycles. The highest BCUT2D eigenvalue weighted by molar-refractivity contribution is 7.89. The summed E-state index contributed by atoms with van der Waals surface area (Å²) in [6.07, 6.45) is 2.67.